The zero-order valence-corrected chi connectivity index (χ0v) is 15.5. The van der Waals surface area contributed by atoms with Gasteiger partial charge in [0, 0.05) is 11.6 Å². The largest absolute Gasteiger partial charge is 0.332 e. The molecule has 0 aliphatic heterocycles. The van der Waals surface area contributed by atoms with E-state index in [1.807, 2.05) is 31.2 Å². The van der Waals surface area contributed by atoms with Crippen LogP contribution in [0, 0.1) is 11.7 Å². The lowest BCUT2D eigenvalue weighted by Gasteiger charge is -2.19. The van der Waals surface area contributed by atoms with Crippen LogP contribution in [0.1, 0.15) is 49.9 Å². The monoisotopic (exact) mass is 369 g/mol. The maximum absolute atomic E-state index is 13.3. The number of urea groups is 1. The Hall–Kier alpha value is -2.89. The van der Waals surface area contributed by atoms with Crippen molar-refractivity contribution in [1.82, 2.24) is 10.6 Å². The van der Waals surface area contributed by atoms with Crippen LogP contribution >= 0.6 is 0 Å². The first-order chi connectivity index (χ1) is 12.9. The van der Waals surface area contributed by atoms with Crippen molar-refractivity contribution in [3.63, 3.8) is 0 Å². The van der Waals surface area contributed by atoms with E-state index in [2.05, 4.69) is 16.0 Å². The van der Waals surface area contributed by atoms with E-state index >= 15 is 0 Å². The molecule has 0 spiro atoms. The predicted molar refractivity (Wildman–Crippen MR) is 103 cm³/mol. The second-order valence-electron chi connectivity index (χ2n) is 7.00. The van der Waals surface area contributed by atoms with Crippen molar-refractivity contribution in [3.05, 3.63) is 65.5 Å². The highest BCUT2D eigenvalue weighted by atomic mass is 19.1. The Morgan fingerprint density at radius 3 is 2.19 bits per heavy atom. The first-order valence-corrected chi connectivity index (χ1v) is 9.15. The molecule has 3 amide bonds. The molecule has 3 N–H and O–H groups in total. The van der Waals surface area contributed by atoms with Crippen molar-refractivity contribution in [2.45, 2.75) is 38.8 Å². The number of carbonyl (C=O) groups excluding carboxylic acids is 2. The van der Waals surface area contributed by atoms with E-state index in [1.54, 1.807) is 19.1 Å². The van der Waals surface area contributed by atoms with E-state index in [0.29, 0.717) is 5.56 Å². The predicted octanol–water partition coefficient (Wildman–Crippen LogP) is 4.30. The maximum Gasteiger partial charge on any atom is 0.315 e. The van der Waals surface area contributed by atoms with Gasteiger partial charge in [0.2, 0.25) is 5.91 Å². The van der Waals surface area contributed by atoms with Gasteiger partial charge in [-0.1, -0.05) is 24.3 Å². The van der Waals surface area contributed by atoms with E-state index in [0.717, 1.165) is 24.1 Å². The Labute approximate surface area is 158 Å². The van der Waals surface area contributed by atoms with Crippen LogP contribution in [0.5, 0.6) is 0 Å². The molecule has 2 unspecified atom stereocenters. The number of nitrogens with one attached hydrogen (secondary N) is 3. The van der Waals surface area contributed by atoms with Gasteiger partial charge in [-0.15, -0.1) is 0 Å². The van der Waals surface area contributed by atoms with Crippen molar-refractivity contribution < 1.29 is 14.0 Å². The summed E-state index contributed by atoms with van der Waals surface area (Å²) in [4.78, 5) is 24.0. The highest BCUT2D eigenvalue weighted by molar-refractivity contribution is 5.94. The van der Waals surface area contributed by atoms with Crippen molar-refractivity contribution in [2.75, 3.05) is 5.32 Å². The van der Waals surface area contributed by atoms with E-state index in [1.165, 1.54) is 12.1 Å². The number of hydrogen-bond donors (Lipinski definition) is 3. The molecule has 1 aliphatic rings. The van der Waals surface area contributed by atoms with Gasteiger partial charge in [-0.05, 0) is 62.1 Å². The van der Waals surface area contributed by atoms with Crippen LogP contribution in [0.15, 0.2) is 48.5 Å². The Bertz CT molecular complexity index is 818. The number of carbonyl (C=O) groups is 2. The average molecular weight is 369 g/mol. The quantitative estimate of drug-likeness (QED) is 0.711. The molecule has 0 radical (unpaired) electrons. The van der Waals surface area contributed by atoms with Gasteiger partial charge in [0.15, 0.2) is 0 Å². The number of amides is 3. The lowest BCUT2D eigenvalue weighted by Crippen LogP contribution is -2.38. The Kier molecular flexibility index (Phi) is 5.74. The molecule has 0 heterocycles. The molecule has 2 atom stereocenters. The maximum atomic E-state index is 13.3. The molecule has 0 bridgehead atoms. The van der Waals surface area contributed by atoms with Gasteiger partial charge in [0.1, 0.15) is 5.82 Å². The van der Waals surface area contributed by atoms with Crippen LogP contribution in [-0.4, -0.2) is 11.9 Å². The summed E-state index contributed by atoms with van der Waals surface area (Å²) in [5, 5.41) is 8.57. The lowest BCUT2D eigenvalue weighted by atomic mass is 10.1. The summed E-state index contributed by atoms with van der Waals surface area (Å²) in [5.41, 5.74) is 2.38. The third-order valence-electron chi connectivity index (χ3n) is 4.67. The molecule has 1 saturated carbocycles. The van der Waals surface area contributed by atoms with E-state index in [-0.39, 0.29) is 35.8 Å². The molecule has 1 fully saturated rings. The molecule has 0 aromatic heterocycles. The molecule has 3 rings (SSSR count). The number of hydrogen-bond acceptors (Lipinski definition) is 2. The molecular weight excluding hydrogens is 345 g/mol. The van der Waals surface area contributed by atoms with Crippen molar-refractivity contribution in [2.24, 2.45) is 5.92 Å². The summed E-state index contributed by atoms with van der Waals surface area (Å²) >= 11 is 0. The fourth-order valence-electron chi connectivity index (χ4n) is 2.82. The first kappa shape index (κ1) is 18.9. The molecule has 2 aromatic carbocycles. The van der Waals surface area contributed by atoms with Gasteiger partial charge in [-0.25, -0.2) is 9.18 Å². The van der Waals surface area contributed by atoms with Crippen LogP contribution < -0.4 is 16.0 Å². The minimum absolute atomic E-state index is 0.0691. The van der Waals surface area contributed by atoms with Gasteiger partial charge in [0.25, 0.3) is 0 Å². The molecule has 5 nitrogen and oxygen atoms in total. The van der Waals surface area contributed by atoms with Crippen molar-refractivity contribution in [3.8, 4) is 0 Å². The highest BCUT2D eigenvalue weighted by Crippen LogP contribution is 2.30. The number of halogens is 1. The zero-order valence-electron chi connectivity index (χ0n) is 15.5. The van der Waals surface area contributed by atoms with E-state index in [9.17, 15) is 14.0 Å². The summed E-state index contributed by atoms with van der Waals surface area (Å²) in [6, 6.07) is 12.7. The number of benzene rings is 2. The van der Waals surface area contributed by atoms with Crippen molar-refractivity contribution in [1.29, 1.82) is 0 Å². The number of anilines is 1. The molecule has 6 heteroatoms. The van der Waals surface area contributed by atoms with Crippen LogP contribution in [0.4, 0.5) is 14.9 Å². The third kappa shape index (κ3) is 5.29. The first-order valence-electron chi connectivity index (χ1n) is 9.15. The van der Waals surface area contributed by atoms with Crippen LogP contribution in [0.25, 0.3) is 0 Å². The standard InChI is InChI=1S/C21H24FN3O2/c1-13(15-8-10-19(11-9-15)25-20(26)16-6-7-16)23-21(27)24-14(2)17-4-3-5-18(22)12-17/h3-5,8-14,16H,6-7H2,1-2H3,(H,25,26)(H2,23,24,27). The second kappa shape index (κ2) is 8.20. The minimum atomic E-state index is -0.330. The Balaban J connectivity index is 1.52. The zero-order chi connectivity index (χ0) is 19.4. The van der Waals surface area contributed by atoms with Gasteiger partial charge in [-0.2, -0.15) is 0 Å². The Morgan fingerprint density at radius 1 is 0.963 bits per heavy atom. The Morgan fingerprint density at radius 2 is 1.59 bits per heavy atom. The fraction of sp³-hybridized carbons (Fsp3) is 0.333. The molecule has 1 aliphatic carbocycles. The SMILES string of the molecule is CC(NC(=O)NC(C)c1cccc(F)c1)c1ccc(NC(=O)C2CC2)cc1. The van der Waals surface area contributed by atoms with Gasteiger partial charge >= 0.3 is 6.03 Å². The summed E-state index contributed by atoms with van der Waals surface area (Å²) in [6.45, 7) is 3.68. The van der Waals surface area contributed by atoms with Gasteiger partial charge in [0.05, 0.1) is 12.1 Å². The highest BCUT2D eigenvalue weighted by Gasteiger charge is 2.29. The average Bonchev–Trinajstić information content (AvgIpc) is 3.47. The minimum Gasteiger partial charge on any atom is -0.332 e. The molecule has 2 aromatic rings. The molecular formula is C21H24FN3O2. The third-order valence-corrected chi connectivity index (χ3v) is 4.67. The fourth-order valence-corrected chi connectivity index (χ4v) is 2.82. The van der Waals surface area contributed by atoms with Crippen LogP contribution in [-0.2, 0) is 4.79 Å². The molecule has 142 valence electrons. The summed E-state index contributed by atoms with van der Waals surface area (Å²) < 4.78 is 13.3. The van der Waals surface area contributed by atoms with E-state index < -0.39 is 0 Å². The molecule has 0 saturated heterocycles. The molecule has 27 heavy (non-hydrogen) atoms. The van der Waals surface area contributed by atoms with E-state index in [4.69, 9.17) is 0 Å². The van der Waals surface area contributed by atoms with Crippen LogP contribution in [0.3, 0.4) is 0 Å². The lowest BCUT2D eigenvalue weighted by molar-refractivity contribution is -0.117. The van der Waals surface area contributed by atoms with Gasteiger partial charge in [-0.3, -0.25) is 4.79 Å². The van der Waals surface area contributed by atoms with Crippen LogP contribution in [0.2, 0.25) is 0 Å². The summed E-state index contributed by atoms with van der Waals surface area (Å²) in [5.74, 6) is -0.0996. The topological polar surface area (TPSA) is 70.2 Å². The summed E-state index contributed by atoms with van der Waals surface area (Å²) in [7, 11) is 0. The normalized spacial score (nSPS) is 15.5. The summed E-state index contributed by atoms with van der Waals surface area (Å²) in [6.07, 6.45) is 1.93. The van der Waals surface area contributed by atoms with Gasteiger partial charge < -0.3 is 16.0 Å². The second-order valence-corrected chi connectivity index (χ2v) is 7.00. The number of rotatable bonds is 6. The van der Waals surface area contributed by atoms with Crippen molar-refractivity contribution >= 4 is 17.6 Å². The smallest absolute Gasteiger partial charge is 0.315 e.